The second kappa shape index (κ2) is 14.9. The molecule has 3 rings (SSSR count). The van der Waals surface area contributed by atoms with Gasteiger partial charge in [0.15, 0.2) is 0 Å². The van der Waals surface area contributed by atoms with Crippen molar-refractivity contribution in [2.75, 3.05) is 18.4 Å². The van der Waals surface area contributed by atoms with Gasteiger partial charge in [0.05, 0.1) is 17.7 Å². The maximum Gasteiger partial charge on any atom is 0.416 e. The van der Waals surface area contributed by atoms with Gasteiger partial charge in [0.25, 0.3) is 5.91 Å². The van der Waals surface area contributed by atoms with E-state index in [4.69, 9.17) is 0 Å². The Hall–Kier alpha value is -4.38. The number of halogens is 3. The topological polar surface area (TPSA) is 111 Å². The highest BCUT2D eigenvalue weighted by molar-refractivity contribution is 6.01. The first kappa shape index (κ1) is 34.1. The van der Waals surface area contributed by atoms with Gasteiger partial charge in [-0.1, -0.05) is 54.1 Å². The Balaban J connectivity index is 1.68. The number of hydrogen-bond acceptors (Lipinski definition) is 5. The van der Waals surface area contributed by atoms with Crippen LogP contribution in [0.15, 0.2) is 66.7 Å². The zero-order chi connectivity index (χ0) is 32.5. The highest BCUT2D eigenvalue weighted by Crippen LogP contribution is 2.32. The third-order valence-electron chi connectivity index (χ3n) is 6.64. The SMILES string of the molecule is Cc1ccc(CNCC(NC(=O)CNC(=O)c2cc(C(F)(F)F)ccc2NCc2ccccc2)C(=O)NC(C)(C)C)c(C)c1. The van der Waals surface area contributed by atoms with E-state index in [1.54, 1.807) is 0 Å². The van der Waals surface area contributed by atoms with E-state index in [0.29, 0.717) is 6.54 Å². The van der Waals surface area contributed by atoms with Crippen molar-refractivity contribution in [3.63, 3.8) is 0 Å². The van der Waals surface area contributed by atoms with E-state index in [0.717, 1.165) is 34.4 Å². The lowest BCUT2D eigenvalue weighted by molar-refractivity contribution is -0.137. The molecule has 8 nitrogen and oxygen atoms in total. The number of alkyl halides is 3. The molecule has 1 unspecified atom stereocenters. The molecule has 0 aliphatic carbocycles. The normalized spacial score (nSPS) is 12.3. The van der Waals surface area contributed by atoms with Gasteiger partial charge in [-0.25, -0.2) is 0 Å². The molecule has 0 aromatic heterocycles. The number of rotatable bonds is 12. The van der Waals surface area contributed by atoms with Gasteiger partial charge < -0.3 is 26.6 Å². The molecule has 3 aromatic rings. The molecule has 0 bridgehead atoms. The first-order valence-electron chi connectivity index (χ1n) is 14.3. The fraction of sp³-hybridized carbons (Fsp3) is 0.364. The first-order chi connectivity index (χ1) is 20.6. The van der Waals surface area contributed by atoms with E-state index >= 15 is 0 Å². The molecular weight excluding hydrogens is 571 g/mol. The maximum atomic E-state index is 13.5. The summed E-state index contributed by atoms with van der Waals surface area (Å²) in [5, 5.41) is 14.1. The largest absolute Gasteiger partial charge is 0.416 e. The minimum absolute atomic E-state index is 0.107. The van der Waals surface area contributed by atoms with Crippen molar-refractivity contribution in [1.29, 1.82) is 0 Å². The number of nitrogens with one attached hydrogen (secondary N) is 5. The molecule has 0 aliphatic heterocycles. The van der Waals surface area contributed by atoms with Crippen LogP contribution >= 0.6 is 0 Å². The van der Waals surface area contributed by atoms with Crippen LogP contribution in [0, 0.1) is 13.8 Å². The Morgan fingerprint density at radius 2 is 1.57 bits per heavy atom. The number of carbonyl (C=O) groups is 3. The number of carbonyl (C=O) groups excluding carboxylic acids is 3. The number of amides is 3. The lowest BCUT2D eigenvalue weighted by atomic mass is 10.1. The van der Waals surface area contributed by atoms with Gasteiger partial charge in [-0.2, -0.15) is 13.2 Å². The van der Waals surface area contributed by atoms with Crippen LogP contribution in [0.4, 0.5) is 18.9 Å². The summed E-state index contributed by atoms with van der Waals surface area (Å²) in [6.45, 7) is 9.72. The summed E-state index contributed by atoms with van der Waals surface area (Å²) in [6.07, 6.45) is -4.66. The second-order valence-electron chi connectivity index (χ2n) is 11.7. The molecule has 0 spiro atoms. The summed E-state index contributed by atoms with van der Waals surface area (Å²) in [5.41, 5.74) is 2.49. The third-order valence-corrected chi connectivity index (χ3v) is 6.64. The number of aryl methyl sites for hydroxylation is 2. The highest BCUT2D eigenvalue weighted by atomic mass is 19.4. The van der Waals surface area contributed by atoms with Crippen LogP contribution in [0.3, 0.4) is 0 Å². The molecule has 0 heterocycles. The Morgan fingerprint density at radius 3 is 2.20 bits per heavy atom. The molecule has 0 fully saturated rings. The Bertz CT molecular complexity index is 1450. The standard InChI is InChI=1S/C33H40F3N5O3/c1-21-11-12-24(22(2)15-21)18-37-19-28(31(44)41-32(3,4)5)40-29(42)20-39-30(43)26-16-25(33(34,35)36)13-14-27(26)38-17-23-9-7-6-8-10-23/h6-16,28,37-38H,17-20H2,1-5H3,(H,39,43)(H,40,42)(H,41,44). The van der Waals surface area contributed by atoms with E-state index in [1.165, 1.54) is 6.07 Å². The molecule has 5 N–H and O–H groups in total. The van der Waals surface area contributed by atoms with Crippen LogP contribution in [0.25, 0.3) is 0 Å². The first-order valence-corrected chi connectivity index (χ1v) is 14.3. The minimum Gasteiger partial charge on any atom is -0.380 e. The summed E-state index contributed by atoms with van der Waals surface area (Å²) in [7, 11) is 0. The van der Waals surface area contributed by atoms with Crippen molar-refractivity contribution in [2.24, 2.45) is 0 Å². The summed E-state index contributed by atoms with van der Waals surface area (Å²) in [5.74, 6) is -1.97. The molecule has 3 amide bonds. The molecule has 44 heavy (non-hydrogen) atoms. The molecule has 0 saturated heterocycles. The van der Waals surface area contributed by atoms with E-state index in [1.807, 2.05) is 77.1 Å². The molecule has 0 radical (unpaired) electrons. The highest BCUT2D eigenvalue weighted by Gasteiger charge is 2.32. The average molecular weight is 612 g/mol. The van der Waals surface area contributed by atoms with Crippen molar-refractivity contribution in [2.45, 2.75) is 65.5 Å². The zero-order valence-corrected chi connectivity index (χ0v) is 25.6. The van der Waals surface area contributed by atoms with Gasteiger partial charge in [0, 0.05) is 30.9 Å². The molecule has 0 saturated carbocycles. The van der Waals surface area contributed by atoms with Gasteiger partial charge in [-0.3, -0.25) is 14.4 Å². The monoisotopic (exact) mass is 611 g/mol. The molecular formula is C33H40F3N5O3. The molecule has 3 aromatic carbocycles. The minimum atomic E-state index is -4.66. The summed E-state index contributed by atoms with van der Waals surface area (Å²) < 4.78 is 40.4. The van der Waals surface area contributed by atoms with E-state index in [-0.39, 0.29) is 24.3 Å². The molecule has 0 aliphatic rings. The van der Waals surface area contributed by atoms with Gasteiger partial charge in [0.2, 0.25) is 11.8 Å². The second-order valence-corrected chi connectivity index (χ2v) is 11.7. The number of benzene rings is 3. The Kier molecular flexibility index (Phi) is 11.5. The number of anilines is 1. The van der Waals surface area contributed by atoms with Gasteiger partial charge in [-0.05, 0) is 69.5 Å². The van der Waals surface area contributed by atoms with Crippen LogP contribution in [-0.2, 0) is 28.9 Å². The third kappa shape index (κ3) is 10.7. The van der Waals surface area contributed by atoms with Crippen molar-refractivity contribution >= 4 is 23.4 Å². The van der Waals surface area contributed by atoms with Crippen LogP contribution in [0.2, 0.25) is 0 Å². The van der Waals surface area contributed by atoms with E-state index < -0.39 is 47.6 Å². The fourth-order valence-corrected chi connectivity index (χ4v) is 4.42. The van der Waals surface area contributed by atoms with Crippen molar-refractivity contribution < 1.29 is 27.6 Å². The summed E-state index contributed by atoms with van der Waals surface area (Å²) in [6, 6.07) is 17.1. The molecule has 236 valence electrons. The lowest BCUT2D eigenvalue weighted by Gasteiger charge is -2.26. The predicted molar refractivity (Wildman–Crippen MR) is 165 cm³/mol. The van der Waals surface area contributed by atoms with Crippen LogP contribution in [-0.4, -0.2) is 42.4 Å². The van der Waals surface area contributed by atoms with Gasteiger partial charge >= 0.3 is 6.18 Å². The fourth-order valence-electron chi connectivity index (χ4n) is 4.42. The van der Waals surface area contributed by atoms with Gasteiger partial charge in [-0.15, -0.1) is 0 Å². The summed E-state index contributed by atoms with van der Waals surface area (Å²) in [4.78, 5) is 38.9. The van der Waals surface area contributed by atoms with Crippen molar-refractivity contribution in [3.8, 4) is 0 Å². The zero-order valence-electron chi connectivity index (χ0n) is 25.6. The predicted octanol–water partition coefficient (Wildman–Crippen LogP) is 4.85. The van der Waals surface area contributed by atoms with Crippen molar-refractivity contribution in [1.82, 2.24) is 21.3 Å². The van der Waals surface area contributed by atoms with Crippen molar-refractivity contribution in [3.05, 3.63) is 100 Å². The smallest absolute Gasteiger partial charge is 0.380 e. The maximum absolute atomic E-state index is 13.5. The number of hydrogen-bond donors (Lipinski definition) is 5. The lowest BCUT2D eigenvalue weighted by Crippen LogP contribution is -2.56. The van der Waals surface area contributed by atoms with E-state index in [2.05, 4.69) is 32.7 Å². The summed E-state index contributed by atoms with van der Waals surface area (Å²) >= 11 is 0. The quantitative estimate of drug-likeness (QED) is 0.201. The average Bonchev–Trinajstić information content (AvgIpc) is 2.94. The molecule has 1 atom stereocenters. The van der Waals surface area contributed by atoms with Crippen LogP contribution < -0.4 is 26.6 Å². The van der Waals surface area contributed by atoms with E-state index in [9.17, 15) is 27.6 Å². The Labute approximate surface area is 256 Å². The van der Waals surface area contributed by atoms with Gasteiger partial charge in [0.1, 0.15) is 6.04 Å². The van der Waals surface area contributed by atoms with Crippen LogP contribution in [0.5, 0.6) is 0 Å². The Morgan fingerprint density at radius 1 is 0.864 bits per heavy atom. The van der Waals surface area contributed by atoms with Crippen LogP contribution in [0.1, 0.15) is 58.9 Å². The molecule has 11 heteroatoms.